The van der Waals surface area contributed by atoms with E-state index in [0.717, 1.165) is 60.1 Å². The topological polar surface area (TPSA) is 63.0 Å². The Bertz CT molecular complexity index is 1400. The molecule has 0 spiro atoms. The third kappa shape index (κ3) is 3.13. The van der Waals surface area contributed by atoms with Gasteiger partial charge >= 0.3 is 0 Å². The van der Waals surface area contributed by atoms with Crippen LogP contribution >= 0.6 is 0 Å². The molecule has 7 heteroatoms. The van der Waals surface area contributed by atoms with Gasteiger partial charge in [-0.05, 0) is 36.8 Å². The first-order chi connectivity index (χ1) is 15.8. The second kappa shape index (κ2) is 7.60. The summed E-state index contributed by atoms with van der Waals surface area (Å²) in [4.78, 5) is 18.7. The molecule has 5 aromatic rings. The summed E-state index contributed by atoms with van der Waals surface area (Å²) >= 11 is 0. The van der Waals surface area contributed by atoms with Gasteiger partial charge in [0, 0.05) is 31.6 Å². The van der Waals surface area contributed by atoms with Crippen molar-refractivity contribution in [3.05, 3.63) is 78.8 Å². The van der Waals surface area contributed by atoms with Gasteiger partial charge in [0.05, 0.1) is 22.8 Å². The summed E-state index contributed by atoms with van der Waals surface area (Å²) in [5.41, 5.74) is 4.14. The zero-order chi connectivity index (χ0) is 21.5. The van der Waals surface area contributed by atoms with Crippen LogP contribution in [0.5, 0.6) is 0 Å². The fourth-order valence-corrected chi connectivity index (χ4v) is 4.48. The summed E-state index contributed by atoms with van der Waals surface area (Å²) < 4.78 is 1.87. The van der Waals surface area contributed by atoms with Crippen LogP contribution in [0.2, 0.25) is 0 Å². The van der Waals surface area contributed by atoms with Gasteiger partial charge in [-0.15, -0.1) is 0 Å². The minimum atomic E-state index is 0.829. The van der Waals surface area contributed by atoms with Gasteiger partial charge in [-0.1, -0.05) is 36.4 Å². The van der Waals surface area contributed by atoms with Gasteiger partial charge in [0.15, 0.2) is 5.65 Å². The van der Waals surface area contributed by atoms with Gasteiger partial charge in [0.25, 0.3) is 0 Å². The number of aromatic nitrogens is 5. The van der Waals surface area contributed by atoms with E-state index >= 15 is 0 Å². The van der Waals surface area contributed by atoms with Crippen molar-refractivity contribution in [3.8, 4) is 5.69 Å². The van der Waals surface area contributed by atoms with Gasteiger partial charge in [0.1, 0.15) is 18.0 Å². The van der Waals surface area contributed by atoms with Crippen molar-refractivity contribution in [2.24, 2.45) is 0 Å². The van der Waals surface area contributed by atoms with Crippen LogP contribution < -0.4 is 9.80 Å². The molecule has 0 radical (unpaired) electrons. The Hall–Kier alpha value is -4.00. The van der Waals surface area contributed by atoms with Crippen molar-refractivity contribution in [1.29, 1.82) is 0 Å². The average Bonchev–Trinajstić information content (AvgIpc) is 3.29. The number of benzene rings is 2. The zero-order valence-electron chi connectivity index (χ0n) is 17.9. The standard InChI is InChI=1S/C25H23N7/c1-18-15-23(29-22-10-6-5-9-20(18)22)30-11-13-31(14-12-30)24-21-16-28-32(25(21)27-17-26-24)19-7-3-2-4-8-19/h2-10,15-17H,11-14H2,1H3. The van der Waals surface area contributed by atoms with E-state index in [1.165, 1.54) is 10.9 Å². The number of rotatable bonds is 3. The number of nitrogens with zero attached hydrogens (tertiary/aromatic N) is 7. The number of hydrogen-bond acceptors (Lipinski definition) is 6. The molecule has 1 aliphatic heterocycles. The number of fused-ring (bicyclic) bond motifs is 2. The summed E-state index contributed by atoms with van der Waals surface area (Å²) in [5, 5.41) is 6.78. The lowest BCUT2D eigenvalue weighted by Crippen LogP contribution is -2.47. The largest absolute Gasteiger partial charge is 0.353 e. The summed E-state index contributed by atoms with van der Waals surface area (Å²) in [5.74, 6) is 1.99. The molecule has 0 atom stereocenters. The molecule has 32 heavy (non-hydrogen) atoms. The molecule has 0 N–H and O–H groups in total. The zero-order valence-corrected chi connectivity index (χ0v) is 17.9. The lowest BCUT2D eigenvalue weighted by Gasteiger charge is -2.36. The minimum Gasteiger partial charge on any atom is -0.353 e. The number of para-hydroxylation sites is 2. The Morgan fingerprint density at radius 2 is 1.53 bits per heavy atom. The van der Waals surface area contributed by atoms with Crippen LogP contribution in [0.3, 0.4) is 0 Å². The SMILES string of the molecule is Cc1cc(N2CCN(c3ncnc4c3cnn4-c3ccccc3)CC2)nc2ccccc12. The highest BCUT2D eigenvalue weighted by atomic mass is 15.3. The molecular weight excluding hydrogens is 398 g/mol. The van der Waals surface area contributed by atoms with E-state index in [2.05, 4.69) is 56.1 Å². The first-order valence-corrected chi connectivity index (χ1v) is 10.9. The van der Waals surface area contributed by atoms with Gasteiger partial charge in [-0.2, -0.15) is 5.10 Å². The lowest BCUT2D eigenvalue weighted by molar-refractivity contribution is 0.643. The number of aryl methyl sites for hydroxylation is 1. The molecule has 7 nitrogen and oxygen atoms in total. The smallest absolute Gasteiger partial charge is 0.168 e. The average molecular weight is 422 g/mol. The Labute approximate surface area is 186 Å². The van der Waals surface area contributed by atoms with Crippen molar-refractivity contribution < 1.29 is 0 Å². The molecule has 6 rings (SSSR count). The molecule has 1 aliphatic rings. The van der Waals surface area contributed by atoms with Gasteiger partial charge in [-0.25, -0.2) is 19.6 Å². The number of piperazine rings is 1. The Balaban J connectivity index is 1.26. The molecule has 4 heterocycles. The van der Waals surface area contributed by atoms with E-state index in [4.69, 9.17) is 4.98 Å². The predicted octanol–water partition coefficient (Wildman–Crippen LogP) is 4.00. The van der Waals surface area contributed by atoms with Crippen LogP contribution in [0, 0.1) is 6.92 Å². The molecule has 1 saturated heterocycles. The van der Waals surface area contributed by atoms with Gasteiger partial charge in [-0.3, -0.25) is 0 Å². The van der Waals surface area contributed by atoms with E-state index in [1.54, 1.807) is 6.33 Å². The van der Waals surface area contributed by atoms with Crippen molar-refractivity contribution in [2.75, 3.05) is 36.0 Å². The van der Waals surface area contributed by atoms with E-state index < -0.39 is 0 Å². The Morgan fingerprint density at radius 1 is 0.781 bits per heavy atom. The summed E-state index contributed by atoms with van der Waals surface area (Å²) in [6.45, 7) is 5.68. The third-order valence-corrected chi connectivity index (χ3v) is 6.16. The van der Waals surface area contributed by atoms with E-state index in [0.29, 0.717) is 0 Å². The first-order valence-electron chi connectivity index (χ1n) is 10.9. The molecule has 2 aromatic carbocycles. The molecule has 0 amide bonds. The summed E-state index contributed by atoms with van der Waals surface area (Å²) in [6, 6.07) is 20.6. The maximum atomic E-state index is 4.91. The highest BCUT2D eigenvalue weighted by Gasteiger charge is 2.22. The Morgan fingerprint density at radius 3 is 2.38 bits per heavy atom. The monoisotopic (exact) mass is 421 g/mol. The molecular formula is C25H23N7. The fraction of sp³-hybridized carbons (Fsp3) is 0.200. The highest BCUT2D eigenvalue weighted by molar-refractivity contribution is 5.88. The molecule has 0 unspecified atom stereocenters. The molecule has 0 saturated carbocycles. The lowest BCUT2D eigenvalue weighted by atomic mass is 10.1. The quantitative estimate of drug-likeness (QED) is 0.439. The van der Waals surface area contributed by atoms with Crippen molar-refractivity contribution in [1.82, 2.24) is 24.7 Å². The maximum absolute atomic E-state index is 4.91. The maximum Gasteiger partial charge on any atom is 0.168 e. The molecule has 1 fully saturated rings. The van der Waals surface area contributed by atoms with Crippen LogP contribution in [0.4, 0.5) is 11.6 Å². The number of anilines is 2. The van der Waals surface area contributed by atoms with Crippen LogP contribution in [0.1, 0.15) is 5.56 Å². The Kier molecular flexibility index (Phi) is 4.45. The predicted molar refractivity (Wildman–Crippen MR) is 128 cm³/mol. The van der Waals surface area contributed by atoms with Crippen LogP contribution in [0.25, 0.3) is 27.6 Å². The fourth-order valence-electron chi connectivity index (χ4n) is 4.48. The number of hydrogen-bond donors (Lipinski definition) is 0. The molecule has 3 aromatic heterocycles. The van der Waals surface area contributed by atoms with Crippen LogP contribution in [0.15, 0.2) is 73.2 Å². The summed E-state index contributed by atoms with van der Waals surface area (Å²) in [7, 11) is 0. The van der Waals surface area contributed by atoms with E-state index in [1.807, 2.05) is 47.3 Å². The summed E-state index contributed by atoms with van der Waals surface area (Å²) in [6.07, 6.45) is 3.51. The molecule has 0 aliphatic carbocycles. The second-order valence-corrected chi connectivity index (χ2v) is 8.12. The molecule has 158 valence electrons. The third-order valence-electron chi connectivity index (χ3n) is 6.16. The van der Waals surface area contributed by atoms with E-state index in [-0.39, 0.29) is 0 Å². The normalized spacial score (nSPS) is 14.4. The highest BCUT2D eigenvalue weighted by Crippen LogP contribution is 2.27. The van der Waals surface area contributed by atoms with Gasteiger partial charge in [0.2, 0.25) is 0 Å². The number of pyridine rings is 1. The second-order valence-electron chi connectivity index (χ2n) is 8.12. The van der Waals surface area contributed by atoms with Crippen molar-refractivity contribution in [2.45, 2.75) is 6.92 Å². The van der Waals surface area contributed by atoms with Crippen LogP contribution in [-0.2, 0) is 0 Å². The molecule has 0 bridgehead atoms. The van der Waals surface area contributed by atoms with Crippen molar-refractivity contribution >= 4 is 33.6 Å². The first kappa shape index (κ1) is 18.7. The van der Waals surface area contributed by atoms with Gasteiger partial charge < -0.3 is 9.80 Å². The van der Waals surface area contributed by atoms with Crippen molar-refractivity contribution in [3.63, 3.8) is 0 Å². The van der Waals surface area contributed by atoms with E-state index in [9.17, 15) is 0 Å². The van der Waals surface area contributed by atoms with Crippen LogP contribution in [-0.4, -0.2) is 50.9 Å². The minimum absolute atomic E-state index is 0.829.